The van der Waals surface area contributed by atoms with Gasteiger partial charge in [0.25, 0.3) is 5.91 Å². The van der Waals surface area contributed by atoms with Crippen molar-refractivity contribution in [3.05, 3.63) is 60.2 Å². The molecule has 0 unspecified atom stereocenters. The Hall–Kier alpha value is -3.07. The van der Waals surface area contributed by atoms with Gasteiger partial charge in [0.15, 0.2) is 0 Å². The topological polar surface area (TPSA) is 98.8 Å². The van der Waals surface area contributed by atoms with Crippen LogP contribution in [0.5, 0.6) is 0 Å². The molecule has 31 heavy (non-hydrogen) atoms. The van der Waals surface area contributed by atoms with Gasteiger partial charge in [-0.1, -0.05) is 30.3 Å². The largest absolute Gasteiger partial charge is 0.368 e. The summed E-state index contributed by atoms with van der Waals surface area (Å²) < 4.78 is 26.1. The van der Waals surface area contributed by atoms with Crippen LogP contribution in [0.1, 0.15) is 23.7 Å². The van der Waals surface area contributed by atoms with E-state index in [0.29, 0.717) is 13.1 Å². The number of carbonyl (C=O) groups is 2. The standard InChI is InChI=1S/C22H28N4O4S/c1-2-31(29,30)24-20-11-7-6-10-19(20)22(28)23-13-12-21(27)26-16-14-25(15-17-26)18-8-4-3-5-9-18/h3-11,24H,2,12-17H2,1H3,(H,23,28). The van der Waals surface area contributed by atoms with Crippen LogP contribution in [0.4, 0.5) is 11.4 Å². The van der Waals surface area contributed by atoms with Crippen LogP contribution in [-0.2, 0) is 14.8 Å². The van der Waals surface area contributed by atoms with Crippen molar-refractivity contribution in [1.82, 2.24) is 10.2 Å². The third kappa shape index (κ3) is 6.21. The van der Waals surface area contributed by atoms with Crippen molar-refractivity contribution in [2.24, 2.45) is 0 Å². The van der Waals surface area contributed by atoms with E-state index >= 15 is 0 Å². The number of hydrogen-bond donors (Lipinski definition) is 2. The number of nitrogens with one attached hydrogen (secondary N) is 2. The van der Waals surface area contributed by atoms with Gasteiger partial charge in [-0.05, 0) is 31.2 Å². The molecule has 1 aliphatic heterocycles. The van der Waals surface area contributed by atoms with E-state index in [2.05, 4.69) is 27.1 Å². The molecule has 1 aliphatic rings. The van der Waals surface area contributed by atoms with E-state index in [9.17, 15) is 18.0 Å². The van der Waals surface area contributed by atoms with Crippen LogP contribution in [0.3, 0.4) is 0 Å². The third-order valence-corrected chi connectivity index (χ3v) is 6.49. The lowest BCUT2D eigenvalue weighted by atomic mass is 10.1. The third-order valence-electron chi connectivity index (χ3n) is 5.20. The second-order valence-corrected chi connectivity index (χ2v) is 9.27. The minimum atomic E-state index is -3.50. The zero-order valence-corrected chi connectivity index (χ0v) is 18.4. The summed E-state index contributed by atoms with van der Waals surface area (Å²) in [5.41, 5.74) is 1.60. The summed E-state index contributed by atoms with van der Waals surface area (Å²) in [6, 6.07) is 16.5. The Morgan fingerprint density at radius 1 is 0.935 bits per heavy atom. The van der Waals surface area contributed by atoms with E-state index < -0.39 is 15.9 Å². The number of nitrogens with zero attached hydrogens (tertiary/aromatic N) is 2. The first-order valence-corrected chi connectivity index (χ1v) is 12.0. The molecule has 0 aliphatic carbocycles. The monoisotopic (exact) mass is 444 g/mol. The highest BCUT2D eigenvalue weighted by Gasteiger charge is 2.21. The number of hydrogen-bond acceptors (Lipinski definition) is 5. The molecule has 1 heterocycles. The van der Waals surface area contributed by atoms with Crippen LogP contribution >= 0.6 is 0 Å². The predicted molar refractivity (Wildman–Crippen MR) is 122 cm³/mol. The Bertz CT molecular complexity index is 1000. The number of carbonyl (C=O) groups excluding carboxylic acids is 2. The summed E-state index contributed by atoms with van der Waals surface area (Å²) in [5, 5.41) is 2.72. The van der Waals surface area contributed by atoms with E-state index in [-0.39, 0.29) is 35.9 Å². The second kappa shape index (κ2) is 10.3. The second-order valence-electron chi connectivity index (χ2n) is 7.26. The molecule has 0 aromatic heterocycles. The first kappa shape index (κ1) is 22.6. The van der Waals surface area contributed by atoms with Crippen molar-refractivity contribution in [3.63, 3.8) is 0 Å². The summed E-state index contributed by atoms with van der Waals surface area (Å²) >= 11 is 0. The van der Waals surface area contributed by atoms with Gasteiger partial charge < -0.3 is 15.1 Å². The number of piperazine rings is 1. The highest BCUT2D eigenvalue weighted by Crippen LogP contribution is 2.17. The van der Waals surface area contributed by atoms with Gasteiger partial charge in [0.2, 0.25) is 15.9 Å². The van der Waals surface area contributed by atoms with E-state index in [4.69, 9.17) is 0 Å². The molecular weight excluding hydrogens is 416 g/mol. The zero-order chi connectivity index (χ0) is 22.3. The van der Waals surface area contributed by atoms with Crippen LogP contribution in [0, 0.1) is 0 Å². The zero-order valence-electron chi connectivity index (χ0n) is 17.6. The molecule has 2 amide bonds. The first-order valence-electron chi connectivity index (χ1n) is 10.3. The minimum absolute atomic E-state index is 0.00650. The number of benzene rings is 2. The summed E-state index contributed by atoms with van der Waals surface area (Å²) in [4.78, 5) is 29.1. The number of anilines is 2. The van der Waals surface area contributed by atoms with Crippen LogP contribution in [0.25, 0.3) is 0 Å². The fourth-order valence-electron chi connectivity index (χ4n) is 3.40. The number of sulfonamides is 1. The van der Waals surface area contributed by atoms with Crippen LogP contribution in [0.2, 0.25) is 0 Å². The van der Waals surface area contributed by atoms with Gasteiger partial charge >= 0.3 is 0 Å². The maximum absolute atomic E-state index is 12.5. The molecule has 1 saturated heterocycles. The van der Waals surface area contributed by atoms with Crippen molar-refractivity contribution < 1.29 is 18.0 Å². The Morgan fingerprint density at radius 2 is 1.58 bits per heavy atom. The van der Waals surface area contributed by atoms with Crippen molar-refractivity contribution in [1.29, 1.82) is 0 Å². The summed E-state index contributed by atoms with van der Waals surface area (Å²) in [7, 11) is -3.50. The molecule has 0 atom stereocenters. The molecule has 0 radical (unpaired) electrons. The maximum atomic E-state index is 12.5. The first-order chi connectivity index (χ1) is 14.9. The Balaban J connectivity index is 1.47. The summed E-state index contributed by atoms with van der Waals surface area (Å²) in [5.74, 6) is -0.515. The van der Waals surface area contributed by atoms with Crippen molar-refractivity contribution >= 4 is 33.2 Å². The minimum Gasteiger partial charge on any atom is -0.368 e. The van der Waals surface area contributed by atoms with Gasteiger partial charge in [0, 0.05) is 44.8 Å². The molecule has 166 valence electrons. The van der Waals surface area contributed by atoms with Gasteiger partial charge in [0.1, 0.15) is 0 Å². The van der Waals surface area contributed by atoms with Crippen LogP contribution < -0.4 is 14.9 Å². The molecule has 2 aromatic rings. The highest BCUT2D eigenvalue weighted by molar-refractivity contribution is 7.92. The normalized spacial score (nSPS) is 14.2. The van der Waals surface area contributed by atoms with E-state index in [1.54, 1.807) is 24.3 Å². The summed E-state index contributed by atoms with van der Waals surface area (Å²) in [6.07, 6.45) is 0.194. The smallest absolute Gasteiger partial charge is 0.253 e. The average molecular weight is 445 g/mol. The lowest BCUT2D eigenvalue weighted by Crippen LogP contribution is -2.49. The molecule has 0 saturated carbocycles. The van der Waals surface area contributed by atoms with Gasteiger partial charge in [-0.15, -0.1) is 0 Å². The quantitative estimate of drug-likeness (QED) is 0.648. The molecule has 3 rings (SSSR count). The molecular formula is C22H28N4O4S. The lowest BCUT2D eigenvalue weighted by Gasteiger charge is -2.36. The van der Waals surface area contributed by atoms with Gasteiger partial charge in [-0.25, -0.2) is 8.42 Å². The maximum Gasteiger partial charge on any atom is 0.253 e. The number of rotatable bonds is 8. The Labute approximate surface area is 183 Å². The average Bonchev–Trinajstić information content (AvgIpc) is 2.79. The molecule has 2 aromatic carbocycles. The van der Waals surface area contributed by atoms with Crippen molar-refractivity contribution in [2.45, 2.75) is 13.3 Å². The fourth-order valence-corrected chi connectivity index (χ4v) is 4.06. The Kier molecular flexibility index (Phi) is 7.51. The molecule has 0 spiro atoms. The lowest BCUT2D eigenvalue weighted by molar-refractivity contribution is -0.131. The van der Waals surface area contributed by atoms with Crippen molar-refractivity contribution in [2.75, 3.05) is 48.1 Å². The van der Waals surface area contributed by atoms with Crippen molar-refractivity contribution in [3.8, 4) is 0 Å². The predicted octanol–water partition coefficient (Wildman–Crippen LogP) is 1.92. The fraction of sp³-hybridized carbons (Fsp3) is 0.364. The Morgan fingerprint density at radius 3 is 2.26 bits per heavy atom. The molecule has 1 fully saturated rings. The van der Waals surface area contributed by atoms with Crippen LogP contribution in [-0.4, -0.2) is 63.6 Å². The van der Waals surface area contributed by atoms with E-state index in [1.165, 1.54) is 6.92 Å². The number of amides is 2. The number of para-hydroxylation sites is 2. The van der Waals surface area contributed by atoms with Crippen LogP contribution in [0.15, 0.2) is 54.6 Å². The van der Waals surface area contributed by atoms with Gasteiger partial charge in [-0.2, -0.15) is 0 Å². The van der Waals surface area contributed by atoms with Gasteiger partial charge in [0.05, 0.1) is 17.0 Å². The molecule has 2 N–H and O–H groups in total. The van der Waals surface area contributed by atoms with Gasteiger partial charge in [-0.3, -0.25) is 14.3 Å². The van der Waals surface area contributed by atoms with E-state index in [1.807, 2.05) is 23.1 Å². The summed E-state index contributed by atoms with van der Waals surface area (Å²) in [6.45, 7) is 4.54. The molecule has 9 heteroatoms. The SMILES string of the molecule is CCS(=O)(=O)Nc1ccccc1C(=O)NCCC(=O)N1CCN(c2ccccc2)CC1. The molecule has 0 bridgehead atoms. The molecule has 8 nitrogen and oxygen atoms in total. The van der Waals surface area contributed by atoms with E-state index in [0.717, 1.165) is 18.8 Å². The highest BCUT2D eigenvalue weighted by atomic mass is 32.2.